The summed E-state index contributed by atoms with van der Waals surface area (Å²) < 4.78 is 38.1. The molecule has 0 spiro atoms. The van der Waals surface area contributed by atoms with Crippen LogP contribution in [0.4, 0.5) is 13.2 Å². The Morgan fingerprint density at radius 2 is 1.52 bits per heavy atom. The molecule has 0 saturated carbocycles. The molecule has 27 heavy (non-hydrogen) atoms. The molecule has 2 aliphatic rings. The van der Waals surface area contributed by atoms with Crippen LogP contribution in [-0.4, -0.2) is 78.8 Å². The molecular formula is C20H30F3N3O. The van der Waals surface area contributed by atoms with Gasteiger partial charge in [0.25, 0.3) is 0 Å². The molecular weight excluding hydrogens is 355 g/mol. The first-order valence-electron chi connectivity index (χ1n) is 9.83. The second-order valence-corrected chi connectivity index (χ2v) is 7.83. The topological polar surface area (TPSA) is 30.0 Å². The summed E-state index contributed by atoms with van der Waals surface area (Å²) in [5.41, 5.74) is 0.280. The van der Waals surface area contributed by atoms with Crippen LogP contribution >= 0.6 is 0 Å². The Bertz CT molecular complexity index is 585. The van der Waals surface area contributed by atoms with Crippen LogP contribution in [0.1, 0.15) is 18.1 Å². The predicted molar refractivity (Wildman–Crippen MR) is 99.3 cm³/mol. The van der Waals surface area contributed by atoms with E-state index in [1.54, 1.807) is 12.1 Å². The van der Waals surface area contributed by atoms with E-state index in [-0.39, 0.29) is 12.5 Å². The number of hydrogen-bond acceptors (Lipinski definition) is 4. The third-order valence-electron chi connectivity index (χ3n) is 5.98. The third-order valence-corrected chi connectivity index (χ3v) is 5.98. The molecule has 3 rings (SSSR count). The molecule has 2 aliphatic heterocycles. The number of piperazine rings is 1. The van der Waals surface area contributed by atoms with Crippen molar-refractivity contribution in [3.63, 3.8) is 0 Å². The number of nitrogens with zero attached hydrogens (tertiary/aromatic N) is 3. The van der Waals surface area contributed by atoms with Gasteiger partial charge in [0.1, 0.15) is 0 Å². The highest BCUT2D eigenvalue weighted by atomic mass is 19.4. The summed E-state index contributed by atoms with van der Waals surface area (Å²) in [6, 6.07) is 5.43. The number of aliphatic hydroxyl groups excluding tert-OH is 1. The lowest BCUT2D eigenvalue weighted by Gasteiger charge is -2.36. The SMILES string of the molecule is CCN1CCN(C[C@@H]2CN(Cc3ccc(C(F)(F)F)cc3)C[C@@H]2CO)CC1. The number of likely N-dealkylation sites (tertiary alicyclic amines) is 1. The van der Waals surface area contributed by atoms with Crippen molar-refractivity contribution in [1.29, 1.82) is 0 Å². The zero-order valence-electron chi connectivity index (χ0n) is 16.0. The van der Waals surface area contributed by atoms with Crippen LogP contribution < -0.4 is 0 Å². The number of halogens is 3. The number of hydrogen-bond donors (Lipinski definition) is 1. The van der Waals surface area contributed by atoms with Crippen molar-refractivity contribution in [3.05, 3.63) is 35.4 Å². The molecule has 0 unspecified atom stereocenters. The Kier molecular flexibility index (Phi) is 6.78. The number of benzene rings is 1. The molecule has 4 nitrogen and oxygen atoms in total. The van der Waals surface area contributed by atoms with E-state index < -0.39 is 11.7 Å². The van der Waals surface area contributed by atoms with Crippen molar-refractivity contribution in [3.8, 4) is 0 Å². The molecule has 2 fully saturated rings. The van der Waals surface area contributed by atoms with E-state index in [2.05, 4.69) is 21.6 Å². The number of rotatable bonds is 6. The van der Waals surface area contributed by atoms with Gasteiger partial charge in [0.2, 0.25) is 0 Å². The lowest BCUT2D eigenvalue weighted by atomic mass is 9.96. The van der Waals surface area contributed by atoms with Gasteiger partial charge in [-0.1, -0.05) is 19.1 Å². The number of aliphatic hydroxyl groups is 1. The molecule has 2 heterocycles. The van der Waals surface area contributed by atoms with E-state index in [4.69, 9.17) is 0 Å². The zero-order chi connectivity index (χ0) is 19.4. The lowest BCUT2D eigenvalue weighted by molar-refractivity contribution is -0.137. The summed E-state index contributed by atoms with van der Waals surface area (Å²) >= 11 is 0. The number of alkyl halides is 3. The molecule has 2 atom stereocenters. The van der Waals surface area contributed by atoms with Crippen molar-refractivity contribution >= 4 is 0 Å². The standard InChI is InChI=1S/C20H30F3N3O/c1-2-24-7-9-25(10-8-24)12-17-13-26(14-18(17)15-27)11-16-3-5-19(6-4-16)20(21,22)23/h3-6,17-18,27H,2,7-15H2,1H3/t17-,18-/m1/s1. The quantitative estimate of drug-likeness (QED) is 0.815. The first kappa shape index (κ1) is 20.6. The zero-order valence-corrected chi connectivity index (χ0v) is 16.0. The monoisotopic (exact) mass is 385 g/mol. The predicted octanol–water partition coefficient (Wildman–Crippen LogP) is 2.38. The Balaban J connectivity index is 1.53. The van der Waals surface area contributed by atoms with Gasteiger partial charge in [-0.2, -0.15) is 13.2 Å². The molecule has 0 radical (unpaired) electrons. The van der Waals surface area contributed by atoms with Crippen LogP contribution in [0.15, 0.2) is 24.3 Å². The Labute approximate surface area is 159 Å². The van der Waals surface area contributed by atoms with Crippen LogP contribution in [0, 0.1) is 11.8 Å². The molecule has 7 heteroatoms. The maximum atomic E-state index is 12.7. The molecule has 0 bridgehead atoms. The van der Waals surface area contributed by atoms with Crippen LogP contribution in [-0.2, 0) is 12.7 Å². The highest BCUT2D eigenvalue weighted by Crippen LogP contribution is 2.30. The van der Waals surface area contributed by atoms with Gasteiger partial charge >= 0.3 is 6.18 Å². The van der Waals surface area contributed by atoms with Gasteiger partial charge in [-0.25, -0.2) is 0 Å². The van der Waals surface area contributed by atoms with Crippen molar-refractivity contribution in [2.45, 2.75) is 19.6 Å². The van der Waals surface area contributed by atoms with Gasteiger partial charge in [-0.3, -0.25) is 4.90 Å². The lowest BCUT2D eigenvalue weighted by Crippen LogP contribution is -2.48. The van der Waals surface area contributed by atoms with E-state index in [1.807, 2.05) is 0 Å². The van der Waals surface area contributed by atoms with E-state index >= 15 is 0 Å². The van der Waals surface area contributed by atoms with Gasteiger partial charge in [-0.05, 0) is 36.1 Å². The normalized spacial score (nSPS) is 26.0. The molecule has 0 aliphatic carbocycles. The van der Waals surface area contributed by atoms with Crippen LogP contribution in [0.5, 0.6) is 0 Å². The van der Waals surface area contributed by atoms with Crippen LogP contribution in [0.2, 0.25) is 0 Å². The summed E-state index contributed by atoms with van der Waals surface area (Å²) in [5.74, 6) is 0.654. The minimum absolute atomic E-state index is 0.170. The molecule has 1 aromatic rings. The smallest absolute Gasteiger partial charge is 0.396 e. The van der Waals surface area contributed by atoms with E-state index in [0.717, 1.165) is 70.1 Å². The summed E-state index contributed by atoms with van der Waals surface area (Å²) in [5, 5.41) is 9.78. The third kappa shape index (κ3) is 5.44. The largest absolute Gasteiger partial charge is 0.416 e. The molecule has 1 aromatic carbocycles. The Hall–Kier alpha value is -1.15. The first-order valence-corrected chi connectivity index (χ1v) is 9.83. The summed E-state index contributed by atoms with van der Waals surface area (Å²) in [6.07, 6.45) is -4.29. The molecule has 1 N–H and O–H groups in total. The summed E-state index contributed by atoms with van der Waals surface area (Å²) in [4.78, 5) is 7.20. The maximum absolute atomic E-state index is 12.7. The molecule has 0 amide bonds. The van der Waals surface area contributed by atoms with Gasteiger partial charge in [0, 0.05) is 59.0 Å². The second-order valence-electron chi connectivity index (χ2n) is 7.83. The minimum atomic E-state index is -4.29. The second kappa shape index (κ2) is 8.90. The van der Waals surface area contributed by atoms with Gasteiger partial charge in [0.05, 0.1) is 5.56 Å². The Morgan fingerprint density at radius 3 is 2.07 bits per heavy atom. The van der Waals surface area contributed by atoms with Crippen LogP contribution in [0.25, 0.3) is 0 Å². The van der Waals surface area contributed by atoms with Crippen molar-refractivity contribution in [2.75, 3.05) is 59.0 Å². The summed E-state index contributed by atoms with van der Waals surface area (Å²) in [6.45, 7) is 11.1. The molecule has 152 valence electrons. The van der Waals surface area contributed by atoms with Gasteiger partial charge in [-0.15, -0.1) is 0 Å². The first-order chi connectivity index (χ1) is 12.9. The van der Waals surface area contributed by atoms with E-state index in [0.29, 0.717) is 12.5 Å². The fourth-order valence-electron chi connectivity index (χ4n) is 4.26. The fraction of sp³-hybridized carbons (Fsp3) is 0.700. The molecule has 2 saturated heterocycles. The fourth-order valence-corrected chi connectivity index (χ4v) is 4.26. The van der Waals surface area contributed by atoms with Gasteiger partial charge < -0.3 is 14.9 Å². The van der Waals surface area contributed by atoms with Crippen molar-refractivity contribution in [2.24, 2.45) is 11.8 Å². The van der Waals surface area contributed by atoms with Crippen molar-refractivity contribution < 1.29 is 18.3 Å². The van der Waals surface area contributed by atoms with E-state index in [9.17, 15) is 18.3 Å². The van der Waals surface area contributed by atoms with E-state index in [1.165, 1.54) is 0 Å². The van der Waals surface area contributed by atoms with Crippen molar-refractivity contribution in [1.82, 2.24) is 14.7 Å². The van der Waals surface area contributed by atoms with Crippen LogP contribution in [0.3, 0.4) is 0 Å². The highest BCUT2D eigenvalue weighted by Gasteiger charge is 2.34. The number of likely N-dealkylation sites (N-methyl/N-ethyl adjacent to an activating group) is 1. The minimum Gasteiger partial charge on any atom is -0.396 e. The Morgan fingerprint density at radius 1 is 0.926 bits per heavy atom. The molecule has 0 aromatic heterocycles. The average molecular weight is 385 g/mol. The average Bonchev–Trinajstić information content (AvgIpc) is 3.03. The highest BCUT2D eigenvalue weighted by molar-refractivity contribution is 5.24. The van der Waals surface area contributed by atoms with Gasteiger partial charge in [0.15, 0.2) is 0 Å². The maximum Gasteiger partial charge on any atom is 0.416 e. The summed E-state index contributed by atoms with van der Waals surface area (Å²) in [7, 11) is 0.